The molecule has 0 spiro atoms. The number of amides is 1. The molecule has 0 unspecified atom stereocenters. The molecule has 4 nitrogen and oxygen atoms in total. The van der Waals surface area contributed by atoms with Crippen molar-refractivity contribution in [2.75, 3.05) is 26.2 Å². The lowest BCUT2D eigenvalue weighted by atomic mass is 10.1. The molecule has 136 valence electrons. The molecule has 1 heterocycles. The van der Waals surface area contributed by atoms with Crippen molar-refractivity contribution < 1.29 is 9.53 Å². The molecular weight excluding hydrogens is 288 g/mol. The molecule has 1 amide bonds. The molecule has 1 atom stereocenters. The largest absolute Gasteiger partial charge is 0.366 e. The van der Waals surface area contributed by atoms with Crippen LogP contribution in [0, 0.1) is 0 Å². The molecule has 1 rings (SSSR count). The van der Waals surface area contributed by atoms with Gasteiger partial charge in [-0.3, -0.25) is 4.79 Å². The summed E-state index contributed by atoms with van der Waals surface area (Å²) in [4.78, 5) is 11.8. The van der Waals surface area contributed by atoms with Crippen molar-refractivity contribution in [3.8, 4) is 0 Å². The zero-order valence-electron chi connectivity index (χ0n) is 15.2. The second kappa shape index (κ2) is 14.9. The molecule has 1 aliphatic heterocycles. The van der Waals surface area contributed by atoms with E-state index in [9.17, 15) is 4.79 Å². The lowest BCUT2D eigenvalue weighted by molar-refractivity contribution is -0.134. The van der Waals surface area contributed by atoms with Crippen LogP contribution in [0.5, 0.6) is 0 Å². The predicted octanol–water partition coefficient (Wildman–Crippen LogP) is 3.79. The molecule has 23 heavy (non-hydrogen) atoms. The maximum Gasteiger partial charge on any atom is 0.250 e. The van der Waals surface area contributed by atoms with Crippen LogP contribution < -0.4 is 10.6 Å². The van der Waals surface area contributed by atoms with E-state index in [-0.39, 0.29) is 12.0 Å². The van der Waals surface area contributed by atoms with Gasteiger partial charge in [0.05, 0.1) is 6.61 Å². The van der Waals surface area contributed by atoms with Crippen LogP contribution in [0.2, 0.25) is 0 Å². The summed E-state index contributed by atoms with van der Waals surface area (Å²) in [7, 11) is 0. The highest BCUT2D eigenvalue weighted by Gasteiger charge is 2.20. The third-order valence-corrected chi connectivity index (χ3v) is 4.55. The van der Waals surface area contributed by atoms with Crippen LogP contribution in [0.25, 0.3) is 0 Å². The van der Waals surface area contributed by atoms with Gasteiger partial charge in [0.2, 0.25) is 5.91 Å². The van der Waals surface area contributed by atoms with E-state index >= 15 is 0 Å². The molecule has 2 N–H and O–H groups in total. The van der Waals surface area contributed by atoms with Crippen LogP contribution in [0.1, 0.15) is 84.0 Å². The average molecular weight is 327 g/mol. The third-order valence-electron chi connectivity index (χ3n) is 4.55. The fourth-order valence-corrected chi connectivity index (χ4v) is 3.03. The van der Waals surface area contributed by atoms with Gasteiger partial charge in [0, 0.05) is 19.6 Å². The molecule has 4 heteroatoms. The topological polar surface area (TPSA) is 50.4 Å². The van der Waals surface area contributed by atoms with E-state index in [0.717, 1.165) is 19.5 Å². The van der Waals surface area contributed by atoms with Gasteiger partial charge in [0.1, 0.15) is 6.10 Å². The number of hydrogen-bond acceptors (Lipinski definition) is 3. The first kappa shape index (κ1) is 20.4. The van der Waals surface area contributed by atoms with Gasteiger partial charge < -0.3 is 15.4 Å². The van der Waals surface area contributed by atoms with E-state index in [0.29, 0.717) is 13.2 Å². The molecule has 1 saturated heterocycles. The van der Waals surface area contributed by atoms with Crippen molar-refractivity contribution in [3.63, 3.8) is 0 Å². The molecule has 0 aromatic carbocycles. The lowest BCUT2D eigenvalue weighted by Gasteiger charge is -2.22. The standard InChI is InChI=1S/C19H38N2O2/c1-2-3-4-5-6-7-8-9-10-11-12-13-14-21-19(22)18-17-20-15-16-23-18/h18,20H,2-17H2,1H3,(H,21,22)/t18-/m1/s1. The summed E-state index contributed by atoms with van der Waals surface area (Å²) >= 11 is 0. The fourth-order valence-electron chi connectivity index (χ4n) is 3.03. The molecular formula is C19H38N2O2. The number of rotatable bonds is 14. The van der Waals surface area contributed by atoms with Gasteiger partial charge in [-0.1, -0.05) is 77.6 Å². The van der Waals surface area contributed by atoms with Gasteiger partial charge in [0.15, 0.2) is 0 Å². The number of carbonyl (C=O) groups is 1. The summed E-state index contributed by atoms with van der Waals surface area (Å²) in [5.41, 5.74) is 0. The van der Waals surface area contributed by atoms with E-state index in [1.54, 1.807) is 0 Å². The molecule has 0 aromatic rings. The first-order valence-corrected chi connectivity index (χ1v) is 9.94. The Balaban J connectivity index is 1.76. The fraction of sp³-hybridized carbons (Fsp3) is 0.947. The Bertz CT molecular complexity index is 279. The number of nitrogens with one attached hydrogen (secondary N) is 2. The summed E-state index contributed by atoms with van der Waals surface area (Å²) in [6.07, 6.45) is 15.9. The summed E-state index contributed by atoms with van der Waals surface area (Å²) in [5, 5.41) is 6.16. The number of unbranched alkanes of at least 4 members (excludes halogenated alkanes) is 11. The zero-order valence-corrected chi connectivity index (χ0v) is 15.2. The van der Waals surface area contributed by atoms with Gasteiger partial charge in [-0.25, -0.2) is 0 Å². The summed E-state index contributed by atoms with van der Waals surface area (Å²) < 4.78 is 5.43. The van der Waals surface area contributed by atoms with Crippen molar-refractivity contribution >= 4 is 5.91 Å². The van der Waals surface area contributed by atoms with Gasteiger partial charge in [-0.2, -0.15) is 0 Å². The lowest BCUT2D eigenvalue weighted by Crippen LogP contribution is -2.48. The maximum absolute atomic E-state index is 11.8. The minimum absolute atomic E-state index is 0.0419. The van der Waals surface area contributed by atoms with Crippen molar-refractivity contribution in [2.24, 2.45) is 0 Å². The van der Waals surface area contributed by atoms with Gasteiger partial charge in [-0.15, -0.1) is 0 Å². The highest BCUT2D eigenvalue weighted by Crippen LogP contribution is 2.11. The minimum Gasteiger partial charge on any atom is -0.366 e. The Morgan fingerprint density at radius 1 is 0.957 bits per heavy atom. The molecule has 0 bridgehead atoms. The van der Waals surface area contributed by atoms with Crippen LogP contribution in [0.4, 0.5) is 0 Å². The monoisotopic (exact) mass is 326 g/mol. The normalized spacial score (nSPS) is 18.0. The van der Waals surface area contributed by atoms with E-state index in [1.807, 2.05) is 0 Å². The zero-order chi connectivity index (χ0) is 16.6. The van der Waals surface area contributed by atoms with Crippen molar-refractivity contribution in [3.05, 3.63) is 0 Å². The van der Waals surface area contributed by atoms with Gasteiger partial charge >= 0.3 is 0 Å². The second-order valence-electron chi connectivity index (χ2n) is 6.74. The Labute approximate surface area is 143 Å². The summed E-state index contributed by atoms with van der Waals surface area (Å²) in [5.74, 6) is 0.0419. The summed E-state index contributed by atoms with van der Waals surface area (Å²) in [6, 6.07) is 0. The highest BCUT2D eigenvalue weighted by molar-refractivity contribution is 5.81. The van der Waals surface area contributed by atoms with Crippen LogP contribution in [0.15, 0.2) is 0 Å². The van der Waals surface area contributed by atoms with Gasteiger partial charge in [-0.05, 0) is 6.42 Å². The quantitative estimate of drug-likeness (QED) is 0.477. The van der Waals surface area contributed by atoms with Crippen LogP contribution >= 0.6 is 0 Å². The second-order valence-corrected chi connectivity index (χ2v) is 6.74. The molecule has 0 aliphatic carbocycles. The van der Waals surface area contributed by atoms with Crippen molar-refractivity contribution in [2.45, 2.75) is 90.1 Å². The van der Waals surface area contributed by atoms with Crippen molar-refractivity contribution in [1.29, 1.82) is 0 Å². The highest BCUT2D eigenvalue weighted by atomic mass is 16.5. The van der Waals surface area contributed by atoms with E-state index < -0.39 is 0 Å². The smallest absolute Gasteiger partial charge is 0.250 e. The minimum atomic E-state index is -0.291. The molecule has 0 aromatic heterocycles. The number of carbonyl (C=O) groups excluding carboxylic acids is 1. The first-order chi connectivity index (χ1) is 11.3. The number of morpholine rings is 1. The Morgan fingerprint density at radius 2 is 1.52 bits per heavy atom. The maximum atomic E-state index is 11.8. The van der Waals surface area contributed by atoms with Crippen LogP contribution in [0.3, 0.4) is 0 Å². The predicted molar refractivity (Wildman–Crippen MR) is 96.7 cm³/mol. The third kappa shape index (κ3) is 11.5. The first-order valence-electron chi connectivity index (χ1n) is 9.94. The molecule has 0 saturated carbocycles. The van der Waals surface area contributed by atoms with E-state index in [1.165, 1.54) is 70.6 Å². The number of hydrogen-bond donors (Lipinski definition) is 2. The molecule has 1 aliphatic rings. The Hall–Kier alpha value is -0.610. The number of ether oxygens (including phenoxy) is 1. The molecule has 1 fully saturated rings. The van der Waals surface area contributed by atoms with Crippen molar-refractivity contribution in [1.82, 2.24) is 10.6 Å². The van der Waals surface area contributed by atoms with Crippen LogP contribution in [-0.4, -0.2) is 38.3 Å². The average Bonchev–Trinajstić information content (AvgIpc) is 2.59. The van der Waals surface area contributed by atoms with Gasteiger partial charge in [0.25, 0.3) is 0 Å². The SMILES string of the molecule is CCCCCCCCCCCCCCNC(=O)[C@H]1CNCCO1. The van der Waals surface area contributed by atoms with E-state index in [2.05, 4.69) is 17.6 Å². The molecule has 0 radical (unpaired) electrons. The van der Waals surface area contributed by atoms with Crippen LogP contribution in [-0.2, 0) is 9.53 Å². The Morgan fingerprint density at radius 3 is 2.04 bits per heavy atom. The Kier molecular flexibility index (Phi) is 13.3. The van der Waals surface area contributed by atoms with E-state index in [4.69, 9.17) is 4.74 Å². The summed E-state index contributed by atoms with van der Waals surface area (Å²) in [6.45, 7) is 5.19.